The highest BCUT2D eigenvalue weighted by molar-refractivity contribution is 5.15. The average molecular weight is 433 g/mol. The molecule has 5 heteroatoms. The van der Waals surface area contributed by atoms with Gasteiger partial charge in [0.2, 0.25) is 0 Å². The van der Waals surface area contributed by atoms with Crippen molar-refractivity contribution < 1.29 is 23.7 Å². The molecule has 5 nitrogen and oxygen atoms in total. The predicted molar refractivity (Wildman–Crippen MR) is 120 cm³/mol. The van der Waals surface area contributed by atoms with Gasteiger partial charge in [0.1, 0.15) is 24.4 Å². The molecule has 3 aromatic rings. The maximum atomic E-state index is 6.44. The van der Waals surface area contributed by atoms with Gasteiger partial charge in [-0.25, -0.2) is 0 Å². The molecule has 2 heterocycles. The second-order valence-electron chi connectivity index (χ2n) is 8.16. The molecule has 32 heavy (non-hydrogen) atoms. The molecule has 5 atom stereocenters. The number of fused-ring (bicyclic) bond motifs is 2. The van der Waals surface area contributed by atoms with E-state index in [1.54, 1.807) is 0 Å². The summed E-state index contributed by atoms with van der Waals surface area (Å²) in [4.78, 5) is 0. The van der Waals surface area contributed by atoms with Gasteiger partial charge in [0.15, 0.2) is 6.29 Å². The van der Waals surface area contributed by atoms with Gasteiger partial charge in [0, 0.05) is 0 Å². The quantitative estimate of drug-likeness (QED) is 0.498. The van der Waals surface area contributed by atoms with Crippen LogP contribution in [0.5, 0.6) is 0 Å². The highest BCUT2D eigenvalue weighted by Gasteiger charge is 2.52. The van der Waals surface area contributed by atoms with Crippen LogP contribution in [0.4, 0.5) is 0 Å². The maximum Gasteiger partial charge on any atom is 0.187 e. The van der Waals surface area contributed by atoms with Crippen molar-refractivity contribution in [1.29, 1.82) is 0 Å². The summed E-state index contributed by atoms with van der Waals surface area (Å²) in [6, 6.07) is 30.4. The Hall–Kier alpha value is -2.54. The van der Waals surface area contributed by atoms with Crippen LogP contribution in [-0.4, -0.2) is 37.3 Å². The van der Waals surface area contributed by atoms with Crippen LogP contribution in [0, 0.1) is 0 Å². The molecule has 0 aromatic heterocycles. The molecule has 2 saturated heterocycles. The monoisotopic (exact) mass is 432 g/mol. The zero-order valence-corrected chi connectivity index (χ0v) is 17.9. The molecule has 2 bridgehead atoms. The first-order chi connectivity index (χ1) is 15.9. The molecular formula is C27H28O5. The Bertz CT molecular complexity index is 892. The highest BCUT2D eigenvalue weighted by atomic mass is 16.8. The van der Waals surface area contributed by atoms with Gasteiger partial charge in [-0.05, 0) is 16.7 Å². The van der Waals surface area contributed by atoms with Gasteiger partial charge in [0.05, 0.1) is 26.4 Å². The van der Waals surface area contributed by atoms with Gasteiger partial charge in [-0.1, -0.05) is 91.0 Å². The zero-order valence-electron chi connectivity index (χ0n) is 17.9. The number of ether oxygens (including phenoxy) is 5. The van der Waals surface area contributed by atoms with Gasteiger partial charge in [-0.15, -0.1) is 0 Å². The van der Waals surface area contributed by atoms with Crippen molar-refractivity contribution in [2.24, 2.45) is 0 Å². The van der Waals surface area contributed by atoms with Crippen LogP contribution in [0.25, 0.3) is 0 Å². The summed E-state index contributed by atoms with van der Waals surface area (Å²) in [7, 11) is 0. The van der Waals surface area contributed by atoms with E-state index in [0.717, 1.165) is 16.7 Å². The minimum absolute atomic E-state index is 0.180. The largest absolute Gasteiger partial charge is 0.368 e. The van der Waals surface area contributed by atoms with Crippen LogP contribution in [-0.2, 0) is 43.5 Å². The molecule has 0 amide bonds. The lowest BCUT2D eigenvalue weighted by atomic mass is 10.00. The molecule has 166 valence electrons. The van der Waals surface area contributed by atoms with Crippen LogP contribution in [0.15, 0.2) is 91.0 Å². The van der Waals surface area contributed by atoms with Crippen molar-refractivity contribution in [3.63, 3.8) is 0 Å². The van der Waals surface area contributed by atoms with Crippen molar-refractivity contribution in [3.8, 4) is 0 Å². The Morgan fingerprint density at radius 1 is 0.562 bits per heavy atom. The van der Waals surface area contributed by atoms with E-state index < -0.39 is 12.4 Å². The van der Waals surface area contributed by atoms with E-state index in [2.05, 4.69) is 24.3 Å². The first-order valence-electron chi connectivity index (χ1n) is 11.1. The Morgan fingerprint density at radius 3 is 1.50 bits per heavy atom. The molecule has 0 unspecified atom stereocenters. The predicted octanol–water partition coefficient (Wildman–Crippen LogP) is 4.50. The zero-order chi connectivity index (χ0) is 21.6. The number of hydrogen-bond acceptors (Lipinski definition) is 5. The second-order valence-corrected chi connectivity index (χ2v) is 8.16. The van der Waals surface area contributed by atoms with E-state index in [9.17, 15) is 0 Å². The first-order valence-corrected chi connectivity index (χ1v) is 11.1. The third-order valence-electron chi connectivity index (χ3n) is 5.87. The molecule has 0 N–H and O–H groups in total. The van der Waals surface area contributed by atoms with E-state index in [0.29, 0.717) is 26.4 Å². The Kier molecular flexibility index (Phi) is 6.92. The Morgan fingerprint density at radius 2 is 1.00 bits per heavy atom. The summed E-state index contributed by atoms with van der Waals surface area (Å²) in [5.41, 5.74) is 3.31. The lowest BCUT2D eigenvalue weighted by Gasteiger charge is -2.40. The van der Waals surface area contributed by atoms with Crippen molar-refractivity contribution in [2.75, 3.05) is 6.61 Å². The summed E-state index contributed by atoms with van der Waals surface area (Å²) < 4.78 is 31.2. The molecule has 0 radical (unpaired) electrons. The van der Waals surface area contributed by atoms with E-state index >= 15 is 0 Å². The van der Waals surface area contributed by atoms with Crippen molar-refractivity contribution in [2.45, 2.75) is 50.5 Å². The minimum atomic E-state index is -0.457. The van der Waals surface area contributed by atoms with Gasteiger partial charge < -0.3 is 23.7 Å². The molecule has 2 aliphatic rings. The smallest absolute Gasteiger partial charge is 0.187 e. The lowest BCUT2D eigenvalue weighted by Crippen LogP contribution is -2.56. The molecule has 0 spiro atoms. The van der Waals surface area contributed by atoms with Gasteiger partial charge in [-0.2, -0.15) is 0 Å². The Balaban J connectivity index is 1.33. The highest BCUT2D eigenvalue weighted by Crippen LogP contribution is 2.35. The van der Waals surface area contributed by atoms with Crippen LogP contribution in [0.3, 0.4) is 0 Å². The summed E-state index contributed by atoms with van der Waals surface area (Å²) in [6.07, 6.45) is -1.63. The van der Waals surface area contributed by atoms with Gasteiger partial charge >= 0.3 is 0 Å². The van der Waals surface area contributed by atoms with Crippen LogP contribution in [0.2, 0.25) is 0 Å². The molecule has 3 aromatic carbocycles. The standard InChI is InChI=1S/C27H28O5/c1-4-10-20(11-5-1)16-28-24-23-19-31-27(32-23)26(30-18-22-14-8-3-9-15-22)25(24)29-17-21-12-6-2-7-13-21/h1-15,23-27H,16-19H2/t23-,24-,25-,26+,27-/m1/s1. The van der Waals surface area contributed by atoms with E-state index in [1.165, 1.54) is 0 Å². The summed E-state index contributed by atoms with van der Waals surface area (Å²) in [5, 5.41) is 0. The van der Waals surface area contributed by atoms with E-state index in [-0.39, 0.29) is 18.3 Å². The lowest BCUT2D eigenvalue weighted by molar-refractivity contribution is -0.268. The summed E-state index contributed by atoms with van der Waals surface area (Å²) >= 11 is 0. The summed E-state index contributed by atoms with van der Waals surface area (Å²) in [5.74, 6) is 0. The van der Waals surface area contributed by atoms with Crippen molar-refractivity contribution >= 4 is 0 Å². The molecule has 0 aliphatic carbocycles. The number of hydrogen-bond donors (Lipinski definition) is 0. The topological polar surface area (TPSA) is 46.2 Å². The average Bonchev–Trinajstić information content (AvgIpc) is 3.29. The molecule has 2 aliphatic heterocycles. The third-order valence-corrected chi connectivity index (χ3v) is 5.87. The van der Waals surface area contributed by atoms with Crippen molar-refractivity contribution in [3.05, 3.63) is 108 Å². The molecule has 2 fully saturated rings. The van der Waals surface area contributed by atoms with Crippen molar-refractivity contribution in [1.82, 2.24) is 0 Å². The van der Waals surface area contributed by atoms with Crippen LogP contribution >= 0.6 is 0 Å². The first kappa shape index (κ1) is 21.3. The van der Waals surface area contributed by atoms with Gasteiger partial charge in [0.25, 0.3) is 0 Å². The summed E-state index contributed by atoms with van der Waals surface area (Å²) in [6.45, 7) is 1.88. The van der Waals surface area contributed by atoms with Crippen LogP contribution in [0.1, 0.15) is 16.7 Å². The van der Waals surface area contributed by atoms with E-state index in [4.69, 9.17) is 23.7 Å². The second kappa shape index (κ2) is 10.4. The number of rotatable bonds is 9. The fourth-order valence-electron chi connectivity index (χ4n) is 4.20. The molecular weight excluding hydrogens is 404 g/mol. The fourth-order valence-corrected chi connectivity index (χ4v) is 4.20. The fraction of sp³-hybridized carbons (Fsp3) is 0.333. The van der Waals surface area contributed by atoms with E-state index in [1.807, 2.05) is 66.7 Å². The minimum Gasteiger partial charge on any atom is -0.368 e. The van der Waals surface area contributed by atoms with Gasteiger partial charge in [-0.3, -0.25) is 0 Å². The SMILES string of the molecule is c1ccc(CO[C@H]2[C@H](OCc3ccccc3)[C@@H]3OC[C@@H](O3)[C@H]2OCc2ccccc2)cc1. The molecule has 5 rings (SSSR count). The normalized spacial score (nSPS) is 26.8. The number of benzene rings is 3. The Labute approximate surface area is 188 Å². The maximum absolute atomic E-state index is 6.44. The van der Waals surface area contributed by atoms with Crippen LogP contribution < -0.4 is 0 Å². The molecule has 0 saturated carbocycles. The third kappa shape index (κ3) is 5.09.